The maximum Gasteiger partial charge on any atom is 0.251 e. The van der Waals surface area contributed by atoms with Crippen LogP contribution in [0.5, 0.6) is 0 Å². The smallest absolute Gasteiger partial charge is 0.251 e. The number of rotatable bonds is 2. The van der Waals surface area contributed by atoms with E-state index in [2.05, 4.69) is 12.2 Å². The molecule has 1 aromatic rings. The Kier molecular flexibility index (Phi) is 3.82. The number of hydrogen-bond donors (Lipinski definition) is 1. The summed E-state index contributed by atoms with van der Waals surface area (Å²) in [6, 6.07) is 8.14. The van der Waals surface area contributed by atoms with Gasteiger partial charge >= 0.3 is 0 Å². The zero-order valence-corrected chi connectivity index (χ0v) is 10.7. The molecule has 1 fully saturated rings. The van der Waals surface area contributed by atoms with Crippen LogP contribution in [0.15, 0.2) is 24.3 Å². The standard InChI is InChI=1S/C15H21NO/c1-11-6-5-8-13(10-11)16-15(17)14-9-4-3-7-12(14)2/h3-4,7,9,11,13H,5-6,8,10H2,1-2H3,(H,16,17)/t11-,13-/m1/s1. The topological polar surface area (TPSA) is 29.1 Å². The number of carbonyl (C=O) groups is 1. The highest BCUT2D eigenvalue weighted by atomic mass is 16.1. The summed E-state index contributed by atoms with van der Waals surface area (Å²) in [6.45, 7) is 4.25. The molecular weight excluding hydrogens is 210 g/mol. The van der Waals surface area contributed by atoms with Gasteiger partial charge in [0.25, 0.3) is 5.91 Å². The van der Waals surface area contributed by atoms with Crippen molar-refractivity contribution in [3.63, 3.8) is 0 Å². The molecule has 2 atom stereocenters. The molecule has 1 amide bonds. The van der Waals surface area contributed by atoms with Crippen molar-refractivity contribution in [3.05, 3.63) is 35.4 Å². The molecule has 92 valence electrons. The van der Waals surface area contributed by atoms with Crippen molar-refractivity contribution in [3.8, 4) is 0 Å². The fraction of sp³-hybridized carbons (Fsp3) is 0.533. The Morgan fingerprint density at radius 2 is 2.06 bits per heavy atom. The summed E-state index contributed by atoms with van der Waals surface area (Å²) >= 11 is 0. The van der Waals surface area contributed by atoms with Gasteiger partial charge in [-0.1, -0.05) is 38.0 Å². The molecule has 0 aliphatic heterocycles. The van der Waals surface area contributed by atoms with Gasteiger partial charge in [-0.15, -0.1) is 0 Å². The molecule has 0 bridgehead atoms. The summed E-state index contributed by atoms with van der Waals surface area (Å²) < 4.78 is 0. The third-order valence-corrected chi connectivity index (χ3v) is 3.66. The van der Waals surface area contributed by atoms with E-state index in [1.807, 2.05) is 31.2 Å². The summed E-state index contributed by atoms with van der Waals surface area (Å²) in [5.74, 6) is 0.827. The van der Waals surface area contributed by atoms with Crippen molar-refractivity contribution in [1.29, 1.82) is 0 Å². The molecule has 0 saturated heterocycles. The van der Waals surface area contributed by atoms with Gasteiger partial charge in [0.15, 0.2) is 0 Å². The molecule has 1 aliphatic rings. The Balaban J connectivity index is 1.99. The fourth-order valence-electron chi connectivity index (χ4n) is 2.66. The number of hydrogen-bond acceptors (Lipinski definition) is 1. The number of amides is 1. The molecule has 1 aliphatic carbocycles. The van der Waals surface area contributed by atoms with Crippen molar-refractivity contribution in [1.82, 2.24) is 5.32 Å². The molecule has 0 heterocycles. The normalized spacial score (nSPS) is 24.4. The molecular formula is C15H21NO. The van der Waals surface area contributed by atoms with Crippen LogP contribution in [-0.2, 0) is 0 Å². The quantitative estimate of drug-likeness (QED) is 0.831. The fourth-order valence-corrected chi connectivity index (χ4v) is 2.66. The summed E-state index contributed by atoms with van der Waals surface area (Å²) in [5.41, 5.74) is 1.86. The highest BCUT2D eigenvalue weighted by molar-refractivity contribution is 5.95. The first-order valence-electron chi connectivity index (χ1n) is 6.53. The van der Waals surface area contributed by atoms with Crippen LogP contribution in [0.4, 0.5) is 0 Å². The average Bonchev–Trinajstić information content (AvgIpc) is 2.29. The first-order valence-corrected chi connectivity index (χ1v) is 6.53. The highest BCUT2D eigenvalue weighted by Crippen LogP contribution is 2.23. The molecule has 1 aromatic carbocycles. The zero-order valence-electron chi connectivity index (χ0n) is 10.7. The first-order chi connectivity index (χ1) is 8.16. The molecule has 0 aromatic heterocycles. The van der Waals surface area contributed by atoms with Crippen LogP contribution in [-0.4, -0.2) is 11.9 Å². The Hall–Kier alpha value is -1.31. The maximum atomic E-state index is 12.1. The van der Waals surface area contributed by atoms with Crippen LogP contribution < -0.4 is 5.32 Å². The van der Waals surface area contributed by atoms with E-state index in [1.165, 1.54) is 12.8 Å². The van der Waals surface area contributed by atoms with E-state index in [9.17, 15) is 4.79 Å². The van der Waals surface area contributed by atoms with Gasteiger partial charge < -0.3 is 5.32 Å². The van der Waals surface area contributed by atoms with E-state index in [0.29, 0.717) is 6.04 Å². The van der Waals surface area contributed by atoms with E-state index in [1.54, 1.807) is 0 Å². The first kappa shape index (κ1) is 12.2. The predicted molar refractivity (Wildman–Crippen MR) is 70.1 cm³/mol. The largest absolute Gasteiger partial charge is 0.349 e. The van der Waals surface area contributed by atoms with Gasteiger partial charge in [0, 0.05) is 11.6 Å². The van der Waals surface area contributed by atoms with Crippen molar-refractivity contribution in [2.24, 2.45) is 5.92 Å². The molecule has 0 spiro atoms. The number of benzene rings is 1. The minimum absolute atomic E-state index is 0.0854. The third kappa shape index (κ3) is 3.09. The van der Waals surface area contributed by atoms with Crippen LogP contribution in [0.2, 0.25) is 0 Å². The Morgan fingerprint density at radius 1 is 1.29 bits per heavy atom. The Morgan fingerprint density at radius 3 is 2.76 bits per heavy atom. The van der Waals surface area contributed by atoms with Gasteiger partial charge in [0.2, 0.25) is 0 Å². The zero-order chi connectivity index (χ0) is 12.3. The van der Waals surface area contributed by atoms with Crippen molar-refractivity contribution in [2.75, 3.05) is 0 Å². The molecule has 2 nitrogen and oxygen atoms in total. The van der Waals surface area contributed by atoms with Crippen LogP contribution >= 0.6 is 0 Å². The van der Waals surface area contributed by atoms with Gasteiger partial charge in [-0.25, -0.2) is 0 Å². The maximum absolute atomic E-state index is 12.1. The van der Waals surface area contributed by atoms with Crippen molar-refractivity contribution in [2.45, 2.75) is 45.6 Å². The van der Waals surface area contributed by atoms with Gasteiger partial charge in [-0.2, -0.15) is 0 Å². The summed E-state index contributed by atoms with van der Waals surface area (Å²) in [4.78, 5) is 12.1. The molecule has 2 heteroatoms. The highest BCUT2D eigenvalue weighted by Gasteiger charge is 2.21. The van der Waals surface area contributed by atoms with Gasteiger partial charge in [0.05, 0.1) is 0 Å². The monoisotopic (exact) mass is 231 g/mol. The molecule has 2 rings (SSSR count). The SMILES string of the molecule is Cc1ccccc1C(=O)N[C@@H]1CCC[C@@H](C)C1. The van der Waals surface area contributed by atoms with E-state index >= 15 is 0 Å². The summed E-state index contributed by atoms with van der Waals surface area (Å²) in [5, 5.41) is 3.17. The lowest BCUT2D eigenvalue weighted by Gasteiger charge is -2.27. The second kappa shape index (κ2) is 5.35. The van der Waals surface area contributed by atoms with Crippen LogP contribution in [0, 0.1) is 12.8 Å². The van der Waals surface area contributed by atoms with Crippen LogP contribution in [0.25, 0.3) is 0 Å². The molecule has 0 radical (unpaired) electrons. The van der Waals surface area contributed by atoms with Crippen LogP contribution in [0.3, 0.4) is 0 Å². The number of carbonyl (C=O) groups excluding carboxylic acids is 1. The lowest BCUT2D eigenvalue weighted by molar-refractivity contribution is 0.0921. The minimum atomic E-state index is 0.0854. The number of aryl methyl sites for hydroxylation is 1. The Labute approximate surface area is 103 Å². The predicted octanol–water partition coefficient (Wildman–Crippen LogP) is 3.30. The third-order valence-electron chi connectivity index (χ3n) is 3.66. The van der Waals surface area contributed by atoms with E-state index in [4.69, 9.17) is 0 Å². The summed E-state index contributed by atoms with van der Waals surface area (Å²) in [6.07, 6.45) is 4.79. The summed E-state index contributed by atoms with van der Waals surface area (Å²) in [7, 11) is 0. The van der Waals surface area contributed by atoms with E-state index in [-0.39, 0.29) is 5.91 Å². The number of nitrogens with one attached hydrogen (secondary N) is 1. The molecule has 1 saturated carbocycles. The Bertz CT molecular complexity index is 400. The molecule has 0 unspecified atom stereocenters. The van der Waals surface area contributed by atoms with E-state index in [0.717, 1.165) is 29.9 Å². The van der Waals surface area contributed by atoms with Crippen LogP contribution in [0.1, 0.15) is 48.5 Å². The molecule has 17 heavy (non-hydrogen) atoms. The van der Waals surface area contributed by atoms with Crippen molar-refractivity contribution >= 4 is 5.91 Å². The van der Waals surface area contributed by atoms with Crippen molar-refractivity contribution < 1.29 is 4.79 Å². The van der Waals surface area contributed by atoms with Gasteiger partial charge in [-0.3, -0.25) is 4.79 Å². The van der Waals surface area contributed by atoms with E-state index < -0.39 is 0 Å². The lowest BCUT2D eigenvalue weighted by Crippen LogP contribution is -2.38. The van der Waals surface area contributed by atoms with Gasteiger partial charge in [0.1, 0.15) is 0 Å². The molecule has 1 N–H and O–H groups in total. The average molecular weight is 231 g/mol. The lowest BCUT2D eigenvalue weighted by atomic mass is 9.87. The second-order valence-electron chi connectivity index (χ2n) is 5.26. The van der Waals surface area contributed by atoms with Gasteiger partial charge in [-0.05, 0) is 37.3 Å². The second-order valence-corrected chi connectivity index (χ2v) is 5.26. The minimum Gasteiger partial charge on any atom is -0.349 e.